The number of anilines is 2. The van der Waals surface area contributed by atoms with Crippen LogP contribution in [0.4, 0.5) is 11.4 Å². The van der Waals surface area contributed by atoms with Gasteiger partial charge in [-0.1, -0.05) is 24.3 Å². The highest BCUT2D eigenvalue weighted by Crippen LogP contribution is 2.39. The van der Waals surface area contributed by atoms with Gasteiger partial charge in [0.25, 0.3) is 11.8 Å². The molecule has 172 valence electrons. The molecule has 34 heavy (non-hydrogen) atoms. The van der Waals surface area contributed by atoms with Gasteiger partial charge in [-0.3, -0.25) is 9.59 Å². The number of carbonyl (C=O) groups is 2. The van der Waals surface area contributed by atoms with Gasteiger partial charge in [-0.25, -0.2) is 4.90 Å². The third kappa shape index (κ3) is 3.49. The minimum Gasteiger partial charge on any atom is -0.493 e. The van der Waals surface area contributed by atoms with E-state index in [9.17, 15) is 9.59 Å². The maximum atomic E-state index is 13.7. The van der Waals surface area contributed by atoms with E-state index in [1.165, 1.54) is 19.1 Å². The summed E-state index contributed by atoms with van der Waals surface area (Å²) in [6.45, 7) is 1.99. The van der Waals surface area contributed by atoms with Gasteiger partial charge < -0.3 is 24.3 Å². The molecule has 0 saturated heterocycles. The lowest BCUT2D eigenvalue weighted by molar-refractivity contribution is -0.120. The van der Waals surface area contributed by atoms with E-state index < -0.39 is 11.8 Å². The second kappa shape index (κ2) is 8.47. The van der Waals surface area contributed by atoms with Crippen molar-refractivity contribution >= 4 is 28.8 Å². The Kier molecular flexibility index (Phi) is 5.33. The van der Waals surface area contributed by atoms with Gasteiger partial charge in [0.2, 0.25) is 6.79 Å². The normalized spacial score (nSPS) is 14.6. The molecule has 0 aliphatic carbocycles. The monoisotopic (exact) mass is 458 g/mol. The largest absolute Gasteiger partial charge is 0.493 e. The van der Waals surface area contributed by atoms with Crippen molar-refractivity contribution < 1.29 is 28.5 Å². The van der Waals surface area contributed by atoms with Crippen LogP contribution in [0.3, 0.4) is 0 Å². The highest BCUT2D eigenvalue weighted by atomic mass is 16.7. The molecule has 0 spiro atoms. The number of carbonyl (C=O) groups excluding carboxylic acids is 2. The molecule has 2 heterocycles. The van der Waals surface area contributed by atoms with Crippen LogP contribution >= 0.6 is 0 Å². The minimum absolute atomic E-state index is 0.136. The van der Waals surface area contributed by atoms with Gasteiger partial charge in [0.05, 0.1) is 25.5 Å². The maximum Gasteiger partial charge on any atom is 0.282 e. The zero-order chi connectivity index (χ0) is 23.8. The fraction of sp³-hybridized carbons (Fsp3) is 0.154. The summed E-state index contributed by atoms with van der Waals surface area (Å²) in [5.41, 5.74) is 2.82. The van der Waals surface area contributed by atoms with Crippen LogP contribution in [0, 0.1) is 6.92 Å². The molecule has 3 aromatic rings. The Morgan fingerprint density at radius 3 is 2.38 bits per heavy atom. The number of rotatable bonds is 6. The van der Waals surface area contributed by atoms with E-state index in [0.29, 0.717) is 39.9 Å². The molecule has 2 aliphatic heterocycles. The molecular weight excluding hydrogens is 436 g/mol. The predicted molar refractivity (Wildman–Crippen MR) is 126 cm³/mol. The topological polar surface area (TPSA) is 86.3 Å². The third-order valence-corrected chi connectivity index (χ3v) is 5.75. The van der Waals surface area contributed by atoms with Crippen molar-refractivity contribution in [2.24, 2.45) is 0 Å². The molecule has 0 unspecified atom stereocenters. The van der Waals surface area contributed by atoms with E-state index in [0.717, 1.165) is 5.56 Å². The molecule has 0 bridgehead atoms. The number of fused-ring (bicyclic) bond motifs is 1. The first kappa shape index (κ1) is 21.4. The Hall–Kier alpha value is -4.46. The molecule has 0 atom stereocenters. The lowest BCUT2D eigenvalue weighted by Gasteiger charge is -2.17. The molecule has 0 saturated carbocycles. The van der Waals surface area contributed by atoms with E-state index in [4.69, 9.17) is 18.9 Å². The van der Waals surface area contributed by atoms with Crippen molar-refractivity contribution in [1.82, 2.24) is 0 Å². The number of hydrogen-bond acceptors (Lipinski definition) is 7. The second-order valence-corrected chi connectivity index (χ2v) is 7.75. The van der Waals surface area contributed by atoms with Crippen LogP contribution in [-0.2, 0) is 9.59 Å². The van der Waals surface area contributed by atoms with E-state index in [1.54, 1.807) is 48.5 Å². The van der Waals surface area contributed by atoms with Crippen LogP contribution < -0.4 is 29.2 Å². The fourth-order valence-corrected chi connectivity index (χ4v) is 4.06. The molecule has 8 heteroatoms. The third-order valence-electron chi connectivity index (χ3n) is 5.75. The molecular formula is C26H22N2O6. The summed E-state index contributed by atoms with van der Waals surface area (Å²) >= 11 is 0. The van der Waals surface area contributed by atoms with Crippen LogP contribution in [-0.4, -0.2) is 32.8 Å². The van der Waals surface area contributed by atoms with Gasteiger partial charge in [0.15, 0.2) is 23.0 Å². The number of benzene rings is 3. The smallest absolute Gasteiger partial charge is 0.282 e. The standard InChI is InChI=1S/C26H22N2O6/c1-15-6-4-5-7-18(15)28-25(29)23(16-8-10-19(31-2)21(12-16)32-3)24(26(28)30)27-17-9-11-20-22(13-17)34-14-33-20/h4-13,27H,14H2,1-3H3. The average Bonchev–Trinajstić information content (AvgIpc) is 3.41. The quantitative estimate of drug-likeness (QED) is 0.556. The molecule has 2 aliphatic rings. The van der Waals surface area contributed by atoms with Gasteiger partial charge in [-0.05, 0) is 48.4 Å². The highest BCUT2D eigenvalue weighted by molar-refractivity contribution is 6.46. The summed E-state index contributed by atoms with van der Waals surface area (Å²) in [5, 5.41) is 3.14. The Balaban J connectivity index is 1.63. The van der Waals surface area contributed by atoms with E-state index in [-0.39, 0.29) is 18.1 Å². The highest BCUT2D eigenvalue weighted by Gasteiger charge is 2.41. The van der Waals surface area contributed by atoms with Gasteiger partial charge in [-0.15, -0.1) is 0 Å². The van der Waals surface area contributed by atoms with Crippen molar-refractivity contribution in [3.05, 3.63) is 77.5 Å². The van der Waals surface area contributed by atoms with Crippen LogP contribution in [0.25, 0.3) is 5.57 Å². The molecule has 2 amide bonds. The van der Waals surface area contributed by atoms with Crippen LogP contribution in [0.15, 0.2) is 66.4 Å². The summed E-state index contributed by atoms with van der Waals surface area (Å²) in [7, 11) is 3.05. The number of aryl methyl sites for hydroxylation is 1. The van der Waals surface area contributed by atoms with Crippen molar-refractivity contribution in [2.45, 2.75) is 6.92 Å². The first-order valence-corrected chi connectivity index (χ1v) is 10.6. The molecule has 0 aromatic heterocycles. The first-order valence-electron chi connectivity index (χ1n) is 10.6. The van der Waals surface area contributed by atoms with Crippen molar-refractivity contribution in [1.29, 1.82) is 0 Å². The number of nitrogens with one attached hydrogen (secondary N) is 1. The molecule has 0 radical (unpaired) electrons. The number of hydrogen-bond donors (Lipinski definition) is 1. The zero-order valence-electron chi connectivity index (χ0n) is 18.9. The summed E-state index contributed by atoms with van der Waals surface area (Å²) in [6.07, 6.45) is 0. The Morgan fingerprint density at radius 2 is 1.62 bits per heavy atom. The molecule has 1 N–H and O–H groups in total. The Morgan fingerprint density at radius 1 is 0.853 bits per heavy atom. The lowest BCUT2D eigenvalue weighted by atomic mass is 10.0. The van der Waals surface area contributed by atoms with Crippen molar-refractivity contribution in [2.75, 3.05) is 31.2 Å². The van der Waals surface area contributed by atoms with E-state index in [2.05, 4.69) is 5.32 Å². The molecule has 5 rings (SSSR count). The SMILES string of the molecule is COc1ccc(C2=C(Nc3ccc4c(c3)OCO4)C(=O)N(c3ccccc3C)C2=O)cc1OC. The van der Waals surface area contributed by atoms with Crippen molar-refractivity contribution in [3.8, 4) is 23.0 Å². The Labute approximate surface area is 196 Å². The number of amides is 2. The first-order chi connectivity index (χ1) is 16.5. The lowest BCUT2D eigenvalue weighted by Crippen LogP contribution is -2.33. The van der Waals surface area contributed by atoms with E-state index >= 15 is 0 Å². The number of nitrogens with zero attached hydrogens (tertiary/aromatic N) is 1. The molecule has 8 nitrogen and oxygen atoms in total. The fourth-order valence-electron chi connectivity index (χ4n) is 4.06. The predicted octanol–water partition coefficient (Wildman–Crippen LogP) is 4.14. The number of methoxy groups -OCH3 is 2. The summed E-state index contributed by atoms with van der Waals surface area (Å²) in [5.74, 6) is 1.26. The van der Waals surface area contributed by atoms with Gasteiger partial charge >= 0.3 is 0 Å². The molecule has 0 fully saturated rings. The number of ether oxygens (including phenoxy) is 4. The summed E-state index contributed by atoms with van der Waals surface area (Å²) < 4.78 is 21.6. The van der Waals surface area contributed by atoms with Crippen LogP contribution in [0.5, 0.6) is 23.0 Å². The Bertz CT molecular complexity index is 1350. The summed E-state index contributed by atoms with van der Waals surface area (Å²) in [4.78, 5) is 28.5. The summed E-state index contributed by atoms with van der Waals surface area (Å²) in [6, 6.07) is 17.6. The van der Waals surface area contributed by atoms with Gasteiger partial charge in [-0.2, -0.15) is 0 Å². The average molecular weight is 458 g/mol. The van der Waals surface area contributed by atoms with Gasteiger partial charge in [0, 0.05) is 11.8 Å². The van der Waals surface area contributed by atoms with Gasteiger partial charge in [0.1, 0.15) is 5.70 Å². The molecule has 3 aromatic carbocycles. The number of imide groups is 1. The maximum absolute atomic E-state index is 13.7. The number of para-hydroxylation sites is 1. The zero-order valence-corrected chi connectivity index (χ0v) is 18.9. The second-order valence-electron chi connectivity index (χ2n) is 7.75. The van der Waals surface area contributed by atoms with Crippen LogP contribution in [0.1, 0.15) is 11.1 Å². The van der Waals surface area contributed by atoms with E-state index in [1.807, 2.05) is 19.1 Å². The van der Waals surface area contributed by atoms with Crippen molar-refractivity contribution in [3.63, 3.8) is 0 Å². The van der Waals surface area contributed by atoms with Crippen LogP contribution in [0.2, 0.25) is 0 Å². The minimum atomic E-state index is -0.457.